The Morgan fingerprint density at radius 1 is 1.24 bits per heavy atom. The maximum Gasteiger partial charge on any atom is 0.410 e. The second-order valence-corrected chi connectivity index (χ2v) is 8.96. The summed E-state index contributed by atoms with van der Waals surface area (Å²) < 4.78 is 5.46. The first-order valence-corrected chi connectivity index (χ1v) is 9.71. The molecule has 6 heteroatoms. The Labute approximate surface area is 152 Å². The Bertz CT molecular complexity index is 470. The fourth-order valence-corrected chi connectivity index (χ4v) is 3.49. The van der Waals surface area contributed by atoms with Crippen LogP contribution in [0.5, 0.6) is 0 Å². The number of likely N-dealkylation sites (tertiary alicyclic amines) is 1. The van der Waals surface area contributed by atoms with E-state index in [0.29, 0.717) is 18.5 Å². The highest BCUT2D eigenvalue weighted by Gasteiger charge is 2.33. The van der Waals surface area contributed by atoms with Crippen LogP contribution in [0.1, 0.15) is 72.6 Å². The van der Waals surface area contributed by atoms with Gasteiger partial charge in [0.05, 0.1) is 0 Å². The van der Waals surface area contributed by atoms with Crippen molar-refractivity contribution < 1.29 is 9.53 Å². The van der Waals surface area contributed by atoms with E-state index in [2.05, 4.69) is 17.2 Å². The van der Waals surface area contributed by atoms with E-state index >= 15 is 0 Å². The standard InChI is InChI=1S/C19H36N4O2/c1-18(2,3)25-17(24)23-12-10-19(4,11-13-23)14-21-16(20)22-15-8-6-5-7-9-15/h15H,5-14H2,1-4H3,(H3,20,21,22). The fraction of sp³-hybridized carbons (Fsp3) is 0.895. The normalized spacial score (nSPS) is 22.6. The lowest BCUT2D eigenvalue weighted by Crippen LogP contribution is -2.46. The van der Waals surface area contributed by atoms with Crippen molar-refractivity contribution in [2.24, 2.45) is 16.1 Å². The topological polar surface area (TPSA) is 80.0 Å². The summed E-state index contributed by atoms with van der Waals surface area (Å²) in [5.41, 5.74) is 5.73. The molecule has 1 amide bonds. The minimum Gasteiger partial charge on any atom is -0.444 e. The van der Waals surface area contributed by atoms with Gasteiger partial charge >= 0.3 is 6.09 Å². The highest BCUT2D eigenvalue weighted by Crippen LogP contribution is 2.31. The van der Waals surface area contributed by atoms with Crippen molar-refractivity contribution >= 4 is 12.1 Å². The van der Waals surface area contributed by atoms with E-state index in [9.17, 15) is 4.79 Å². The van der Waals surface area contributed by atoms with Crippen LogP contribution in [-0.2, 0) is 4.74 Å². The largest absolute Gasteiger partial charge is 0.444 e. The Hall–Kier alpha value is -1.46. The maximum absolute atomic E-state index is 12.2. The van der Waals surface area contributed by atoms with E-state index in [0.717, 1.165) is 25.9 Å². The molecule has 1 aliphatic heterocycles. The molecule has 0 aromatic carbocycles. The Kier molecular flexibility index (Phi) is 6.58. The van der Waals surface area contributed by atoms with Crippen LogP contribution in [0.25, 0.3) is 0 Å². The van der Waals surface area contributed by atoms with Crippen LogP contribution in [0.3, 0.4) is 0 Å². The van der Waals surface area contributed by atoms with Crippen LogP contribution in [0.2, 0.25) is 0 Å². The first kappa shape index (κ1) is 19.9. The van der Waals surface area contributed by atoms with Gasteiger partial charge in [-0.15, -0.1) is 0 Å². The van der Waals surface area contributed by atoms with Gasteiger partial charge < -0.3 is 20.7 Å². The van der Waals surface area contributed by atoms with Crippen LogP contribution < -0.4 is 11.1 Å². The van der Waals surface area contributed by atoms with Gasteiger partial charge in [0.25, 0.3) is 0 Å². The molecular weight excluding hydrogens is 316 g/mol. The Morgan fingerprint density at radius 3 is 2.40 bits per heavy atom. The molecular formula is C19H36N4O2. The molecule has 2 aliphatic rings. The molecule has 0 unspecified atom stereocenters. The second kappa shape index (κ2) is 8.28. The summed E-state index contributed by atoms with van der Waals surface area (Å²) in [5.74, 6) is 0.572. The van der Waals surface area contributed by atoms with E-state index in [1.807, 2.05) is 20.8 Å². The highest BCUT2D eigenvalue weighted by molar-refractivity contribution is 5.78. The number of ether oxygens (including phenoxy) is 1. The summed E-state index contributed by atoms with van der Waals surface area (Å²) in [6.07, 6.45) is 7.92. The van der Waals surface area contributed by atoms with Gasteiger partial charge in [0.2, 0.25) is 0 Å². The number of hydrogen-bond acceptors (Lipinski definition) is 3. The number of nitrogens with one attached hydrogen (secondary N) is 1. The molecule has 6 nitrogen and oxygen atoms in total. The zero-order valence-electron chi connectivity index (χ0n) is 16.4. The predicted molar refractivity (Wildman–Crippen MR) is 102 cm³/mol. The van der Waals surface area contributed by atoms with Crippen LogP contribution >= 0.6 is 0 Å². The van der Waals surface area contributed by atoms with Gasteiger partial charge in [-0.1, -0.05) is 26.2 Å². The summed E-state index contributed by atoms with van der Waals surface area (Å²) in [6, 6.07) is 0.485. The summed E-state index contributed by atoms with van der Waals surface area (Å²) in [6.45, 7) is 10.1. The number of carbonyl (C=O) groups is 1. The van der Waals surface area contributed by atoms with Crippen molar-refractivity contribution in [3.8, 4) is 0 Å². The van der Waals surface area contributed by atoms with Crippen LogP contribution in [0, 0.1) is 5.41 Å². The smallest absolute Gasteiger partial charge is 0.410 e. The molecule has 0 radical (unpaired) electrons. The van der Waals surface area contributed by atoms with Crippen LogP contribution in [0.15, 0.2) is 4.99 Å². The number of piperidine rings is 1. The van der Waals surface area contributed by atoms with E-state index in [-0.39, 0.29) is 11.5 Å². The number of amides is 1. The Morgan fingerprint density at radius 2 is 1.84 bits per heavy atom. The molecule has 1 aliphatic carbocycles. The number of nitrogens with zero attached hydrogens (tertiary/aromatic N) is 2. The van der Waals surface area contributed by atoms with Crippen molar-refractivity contribution in [3.05, 3.63) is 0 Å². The Balaban J connectivity index is 1.77. The van der Waals surface area contributed by atoms with Crippen molar-refractivity contribution in [2.45, 2.75) is 84.3 Å². The first-order chi connectivity index (χ1) is 11.7. The van der Waals surface area contributed by atoms with E-state index in [1.165, 1.54) is 32.1 Å². The average molecular weight is 353 g/mol. The molecule has 144 valence electrons. The molecule has 3 N–H and O–H groups in total. The molecule has 0 atom stereocenters. The summed E-state index contributed by atoms with van der Waals surface area (Å²) in [5, 5.41) is 3.37. The van der Waals surface area contributed by atoms with Crippen LogP contribution in [0.4, 0.5) is 4.79 Å². The molecule has 0 aromatic heterocycles. The van der Waals surface area contributed by atoms with E-state index in [4.69, 9.17) is 10.5 Å². The summed E-state index contributed by atoms with van der Waals surface area (Å²) in [4.78, 5) is 18.6. The lowest BCUT2D eigenvalue weighted by molar-refractivity contribution is 0.0127. The van der Waals surface area contributed by atoms with Crippen molar-refractivity contribution in [3.63, 3.8) is 0 Å². The van der Waals surface area contributed by atoms with Gasteiger partial charge in [-0.3, -0.25) is 4.99 Å². The number of aliphatic imine (C=N–C) groups is 1. The molecule has 0 spiro atoms. The molecule has 25 heavy (non-hydrogen) atoms. The second-order valence-electron chi connectivity index (χ2n) is 8.96. The third-order valence-electron chi connectivity index (χ3n) is 5.21. The average Bonchev–Trinajstić information content (AvgIpc) is 2.53. The van der Waals surface area contributed by atoms with Crippen LogP contribution in [-0.4, -0.2) is 48.2 Å². The van der Waals surface area contributed by atoms with Gasteiger partial charge in [-0.2, -0.15) is 0 Å². The lowest BCUT2D eigenvalue weighted by Gasteiger charge is -2.39. The van der Waals surface area contributed by atoms with Gasteiger partial charge in [0, 0.05) is 25.7 Å². The number of rotatable bonds is 3. The fourth-order valence-electron chi connectivity index (χ4n) is 3.49. The zero-order valence-corrected chi connectivity index (χ0v) is 16.4. The van der Waals surface area contributed by atoms with Crippen molar-refractivity contribution in [1.82, 2.24) is 10.2 Å². The first-order valence-electron chi connectivity index (χ1n) is 9.71. The lowest BCUT2D eigenvalue weighted by atomic mass is 9.80. The quantitative estimate of drug-likeness (QED) is 0.603. The van der Waals surface area contributed by atoms with Gasteiger partial charge in [-0.05, 0) is 51.9 Å². The predicted octanol–water partition coefficient (Wildman–Crippen LogP) is 3.26. The minimum atomic E-state index is -0.443. The van der Waals surface area contributed by atoms with E-state index in [1.54, 1.807) is 4.90 Å². The van der Waals surface area contributed by atoms with Gasteiger partial charge in [0.15, 0.2) is 5.96 Å². The monoisotopic (exact) mass is 352 g/mol. The molecule has 2 rings (SSSR count). The van der Waals surface area contributed by atoms with Crippen molar-refractivity contribution in [2.75, 3.05) is 19.6 Å². The molecule has 1 heterocycles. The summed E-state index contributed by atoms with van der Waals surface area (Å²) >= 11 is 0. The third-order valence-corrected chi connectivity index (χ3v) is 5.21. The maximum atomic E-state index is 12.2. The number of hydrogen-bond donors (Lipinski definition) is 2. The minimum absolute atomic E-state index is 0.0946. The highest BCUT2D eigenvalue weighted by atomic mass is 16.6. The molecule has 1 saturated carbocycles. The zero-order chi connectivity index (χ0) is 18.5. The molecule has 0 bridgehead atoms. The summed E-state index contributed by atoms with van der Waals surface area (Å²) in [7, 11) is 0. The van der Waals surface area contributed by atoms with Gasteiger partial charge in [-0.25, -0.2) is 4.79 Å². The molecule has 1 saturated heterocycles. The molecule has 2 fully saturated rings. The van der Waals surface area contributed by atoms with E-state index < -0.39 is 5.60 Å². The number of guanidine groups is 1. The van der Waals surface area contributed by atoms with Crippen molar-refractivity contribution in [1.29, 1.82) is 0 Å². The SMILES string of the molecule is CC1(CN=C(N)NC2CCCCC2)CCN(C(=O)OC(C)(C)C)CC1. The number of nitrogens with two attached hydrogens (primary N) is 1. The third kappa shape index (κ3) is 6.75. The number of carbonyl (C=O) groups excluding carboxylic acids is 1. The molecule has 0 aromatic rings. The van der Waals surface area contributed by atoms with Gasteiger partial charge in [0.1, 0.15) is 5.60 Å².